The van der Waals surface area contributed by atoms with Gasteiger partial charge in [0.15, 0.2) is 23.2 Å². The molecule has 0 saturated heterocycles. The molecule has 1 heterocycles. The average Bonchev–Trinajstić information content (AvgIpc) is 2.51. The van der Waals surface area contributed by atoms with E-state index in [9.17, 15) is 13.2 Å². The van der Waals surface area contributed by atoms with Gasteiger partial charge in [-0.1, -0.05) is 12.1 Å². The van der Waals surface area contributed by atoms with E-state index in [2.05, 4.69) is 5.32 Å². The normalized spacial score (nSPS) is 16.4. The van der Waals surface area contributed by atoms with E-state index in [-0.39, 0.29) is 23.6 Å². The molecule has 6 heteroatoms. The van der Waals surface area contributed by atoms with Crippen molar-refractivity contribution in [2.45, 2.75) is 12.5 Å². The maximum Gasteiger partial charge on any atom is 0.165 e. The van der Waals surface area contributed by atoms with Crippen LogP contribution in [0.4, 0.5) is 18.9 Å². The van der Waals surface area contributed by atoms with Crippen molar-refractivity contribution in [2.75, 3.05) is 11.9 Å². The van der Waals surface area contributed by atoms with E-state index in [1.54, 1.807) is 12.1 Å². The lowest BCUT2D eigenvalue weighted by Crippen LogP contribution is -2.22. The van der Waals surface area contributed by atoms with E-state index in [4.69, 9.17) is 10.00 Å². The zero-order valence-electron chi connectivity index (χ0n) is 11.4. The quantitative estimate of drug-likeness (QED) is 0.915. The highest BCUT2D eigenvalue weighted by Crippen LogP contribution is 2.37. The molecular formula is C16H11F3N2O. The van der Waals surface area contributed by atoms with Gasteiger partial charge in [0.1, 0.15) is 5.69 Å². The zero-order chi connectivity index (χ0) is 15.7. The molecule has 3 nitrogen and oxygen atoms in total. The second-order valence-electron chi connectivity index (χ2n) is 4.92. The summed E-state index contributed by atoms with van der Waals surface area (Å²) in [7, 11) is 0. The fourth-order valence-electron chi connectivity index (χ4n) is 2.49. The molecule has 0 aromatic heterocycles. The van der Waals surface area contributed by atoms with Crippen LogP contribution in [0.5, 0.6) is 5.75 Å². The number of hydrogen-bond donors (Lipinski definition) is 1. The van der Waals surface area contributed by atoms with Gasteiger partial charge >= 0.3 is 0 Å². The van der Waals surface area contributed by atoms with Gasteiger partial charge in [-0.05, 0) is 18.2 Å². The molecule has 1 aliphatic rings. The van der Waals surface area contributed by atoms with Crippen molar-refractivity contribution in [1.82, 2.24) is 0 Å². The van der Waals surface area contributed by atoms with Crippen molar-refractivity contribution in [3.05, 3.63) is 58.9 Å². The molecule has 1 atom stereocenters. The molecular weight excluding hydrogens is 293 g/mol. The minimum absolute atomic E-state index is 0.0979. The van der Waals surface area contributed by atoms with Crippen molar-refractivity contribution < 1.29 is 17.9 Å². The molecule has 0 spiro atoms. The first kappa shape index (κ1) is 14.3. The van der Waals surface area contributed by atoms with Crippen LogP contribution < -0.4 is 10.1 Å². The first-order valence-electron chi connectivity index (χ1n) is 6.67. The lowest BCUT2D eigenvalue weighted by Gasteiger charge is -2.28. The summed E-state index contributed by atoms with van der Waals surface area (Å²) in [4.78, 5) is 0. The number of anilines is 1. The van der Waals surface area contributed by atoms with Gasteiger partial charge in [-0.15, -0.1) is 0 Å². The molecule has 1 aliphatic heterocycles. The summed E-state index contributed by atoms with van der Waals surface area (Å²) in [5.41, 5.74) is 0.0782. The van der Waals surface area contributed by atoms with Crippen LogP contribution in [0.3, 0.4) is 0 Å². The van der Waals surface area contributed by atoms with Crippen molar-refractivity contribution in [3.63, 3.8) is 0 Å². The van der Waals surface area contributed by atoms with Crippen LogP contribution in [0.15, 0.2) is 30.3 Å². The molecule has 2 aromatic carbocycles. The van der Waals surface area contributed by atoms with Gasteiger partial charge in [0, 0.05) is 12.0 Å². The van der Waals surface area contributed by atoms with E-state index in [1.165, 1.54) is 12.1 Å². The Morgan fingerprint density at radius 3 is 2.55 bits per heavy atom. The summed E-state index contributed by atoms with van der Waals surface area (Å²) in [5.74, 6) is -2.13. The van der Waals surface area contributed by atoms with E-state index in [0.717, 1.165) is 12.1 Å². The Hall–Kier alpha value is -2.68. The summed E-state index contributed by atoms with van der Waals surface area (Å²) in [5, 5.41) is 11.4. The largest absolute Gasteiger partial charge is 0.490 e. The van der Waals surface area contributed by atoms with Crippen molar-refractivity contribution in [1.29, 1.82) is 5.26 Å². The van der Waals surface area contributed by atoms with E-state index in [0.29, 0.717) is 12.0 Å². The van der Waals surface area contributed by atoms with Crippen LogP contribution in [-0.2, 0) is 0 Å². The Labute approximate surface area is 124 Å². The second-order valence-corrected chi connectivity index (χ2v) is 4.92. The van der Waals surface area contributed by atoms with Crippen LogP contribution in [0.25, 0.3) is 0 Å². The van der Waals surface area contributed by atoms with Gasteiger partial charge < -0.3 is 10.1 Å². The predicted molar refractivity (Wildman–Crippen MR) is 73.9 cm³/mol. The average molecular weight is 304 g/mol. The first-order chi connectivity index (χ1) is 10.6. The van der Waals surface area contributed by atoms with Crippen molar-refractivity contribution in [2.24, 2.45) is 0 Å². The molecule has 0 unspecified atom stereocenters. The van der Waals surface area contributed by atoms with E-state index >= 15 is 0 Å². The summed E-state index contributed by atoms with van der Waals surface area (Å²) >= 11 is 0. The molecule has 0 bridgehead atoms. The molecule has 112 valence electrons. The van der Waals surface area contributed by atoms with E-state index < -0.39 is 23.5 Å². The molecule has 22 heavy (non-hydrogen) atoms. The molecule has 0 fully saturated rings. The Morgan fingerprint density at radius 1 is 1.14 bits per heavy atom. The maximum absolute atomic E-state index is 13.9. The van der Waals surface area contributed by atoms with Gasteiger partial charge in [-0.3, -0.25) is 0 Å². The minimum atomic E-state index is -0.860. The molecule has 3 rings (SSSR count). The smallest absolute Gasteiger partial charge is 0.165 e. The molecule has 0 radical (unpaired) electrons. The fourth-order valence-corrected chi connectivity index (χ4v) is 2.49. The topological polar surface area (TPSA) is 45.0 Å². The summed E-state index contributed by atoms with van der Waals surface area (Å²) in [6, 6.07) is 7.55. The number of rotatable bonds is 2. The number of fused-ring (bicyclic) bond motifs is 1. The van der Waals surface area contributed by atoms with Gasteiger partial charge in [0.2, 0.25) is 0 Å². The van der Waals surface area contributed by atoms with Crippen LogP contribution >= 0.6 is 0 Å². The summed E-state index contributed by atoms with van der Waals surface area (Å²) in [6.45, 7) is 0.241. The number of benzene rings is 2. The maximum atomic E-state index is 13.9. The number of ether oxygens (including phenoxy) is 1. The molecule has 0 amide bonds. The third kappa shape index (κ3) is 2.46. The lowest BCUT2D eigenvalue weighted by molar-refractivity contribution is 0.260. The lowest BCUT2D eigenvalue weighted by atomic mass is 9.99. The Kier molecular flexibility index (Phi) is 3.63. The third-order valence-electron chi connectivity index (χ3n) is 3.52. The highest BCUT2D eigenvalue weighted by molar-refractivity contribution is 5.53. The number of para-hydroxylation sites is 1. The number of nitriles is 1. The van der Waals surface area contributed by atoms with E-state index in [1.807, 2.05) is 0 Å². The monoisotopic (exact) mass is 304 g/mol. The number of hydrogen-bond acceptors (Lipinski definition) is 3. The van der Waals surface area contributed by atoms with Gasteiger partial charge in [0.05, 0.1) is 24.3 Å². The van der Waals surface area contributed by atoms with Crippen LogP contribution in [0.2, 0.25) is 0 Å². The third-order valence-corrected chi connectivity index (χ3v) is 3.52. The van der Waals surface area contributed by atoms with Crippen molar-refractivity contribution in [3.8, 4) is 11.8 Å². The molecule has 1 N–H and O–H groups in total. The van der Waals surface area contributed by atoms with Gasteiger partial charge in [-0.2, -0.15) is 5.26 Å². The van der Waals surface area contributed by atoms with Crippen LogP contribution in [0, 0.1) is 28.8 Å². The molecule has 0 aliphatic carbocycles. The highest BCUT2D eigenvalue weighted by atomic mass is 19.1. The fraction of sp³-hybridized carbons (Fsp3) is 0.188. The van der Waals surface area contributed by atoms with Gasteiger partial charge in [0.25, 0.3) is 0 Å². The highest BCUT2D eigenvalue weighted by Gasteiger charge is 2.25. The number of nitrogens with one attached hydrogen (secondary N) is 1. The Morgan fingerprint density at radius 2 is 1.86 bits per heavy atom. The zero-order valence-corrected chi connectivity index (χ0v) is 11.4. The minimum Gasteiger partial charge on any atom is -0.490 e. The molecule has 0 saturated carbocycles. The Balaban J connectivity index is 1.96. The predicted octanol–water partition coefficient (Wildman–Crippen LogP) is 3.91. The first-order valence-corrected chi connectivity index (χ1v) is 6.67. The van der Waals surface area contributed by atoms with Crippen molar-refractivity contribution >= 4 is 5.69 Å². The van der Waals surface area contributed by atoms with Gasteiger partial charge in [-0.25, -0.2) is 13.2 Å². The Bertz CT molecular complexity index is 747. The summed E-state index contributed by atoms with van der Waals surface area (Å²) < 4.78 is 46.9. The second kappa shape index (κ2) is 5.60. The molecule has 2 aromatic rings. The number of halogens is 3. The summed E-state index contributed by atoms with van der Waals surface area (Å²) in [6.07, 6.45) is 0.440. The SMILES string of the molecule is N#Cc1cc(F)c(N[C@H]2CCOc3c(F)cccc32)c(F)c1. The van der Waals surface area contributed by atoms with Crippen LogP contribution in [0.1, 0.15) is 23.6 Å². The standard InChI is InChI=1S/C16H11F3N2O/c17-11-3-1-2-10-14(4-5-22-16(10)11)21-15-12(18)6-9(8-20)7-13(15)19/h1-3,6-7,14,21H,4-5H2/t14-/m0/s1. The van der Waals surface area contributed by atoms with Crippen LogP contribution in [-0.4, -0.2) is 6.61 Å². The number of nitrogens with zero attached hydrogens (tertiary/aromatic N) is 1.